The van der Waals surface area contributed by atoms with Crippen LogP contribution in [-0.2, 0) is 0 Å². The van der Waals surface area contributed by atoms with E-state index < -0.39 is 0 Å². The van der Waals surface area contributed by atoms with E-state index in [1.807, 2.05) is 12.3 Å². The van der Waals surface area contributed by atoms with Gasteiger partial charge in [0.2, 0.25) is 0 Å². The van der Waals surface area contributed by atoms with Gasteiger partial charge in [0.05, 0.1) is 6.04 Å². The molecule has 0 spiro atoms. The highest BCUT2D eigenvalue weighted by Gasteiger charge is 2.25. The van der Waals surface area contributed by atoms with Crippen molar-refractivity contribution in [3.8, 4) is 0 Å². The number of carbonyl (C=O) groups excluding carboxylic acids is 1. The van der Waals surface area contributed by atoms with Crippen LogP contribution in [0.1, 0.15) is 41.2 Å². The summed E-state index contributed by atoms with van der Waals surface area (Å²) >= 11 is 11.2. The van der Waals surface area contributed by atoms with Gasteiger partial charge >= 0.3 is 0 Å². The predicted octanol–water partition coefficient (Wildman–Crippen LogP) is 3.48. The molecule has 25 heavy (non-hydrogen) atoms. The monoisotopic (exact) mass is 374 g/mol. The number of amides is 1. The third-order valence-electron chi connectivity index (χ3n) is 4.15. The third-order valence-corrected chi connectivity index (χ3v) is 4.60. The van der Waals surface area contributed by atoms with Crippen molar-refractivity contribution in [3.05, 3.63) is 64.9 Å². The van der Waals surface area contributed by atoms with Crippen LogP contribution >= 0.6 is 23.8 Å². The maximum absolute atomic E-state index is 12.2. The van der Waals surface area contributed by atoms with Crippen molar-refractivity contribution in [2.24, 2.45) is 0 Å². The Bertz CT molecular complexity index is 739. The number of pyridine rings is 1. The molecule has 1 saturated heterocycles. The fraction of sp³-hybridized carbons (Fsp3) is 0.278. The van der Waals surface area contributed by atoms with Gasteiger partial charge in [0.25, 0.3) is 5.91 Å². The smallest absolute Gasteiger partial charge is 0.257 e. The van der Waals surface area contributed by atoms with Gasteiger partial charge in [-0.2, -0.15) is 0 Å². The first kappa shape index (κ1) is 17.8. The van der Waals surface area contributed by atoms with Gasteiger partial charge in [-0.25, -0.2) is 5.01 Å². The van der Waals surface area contributed by atoms with Crippen LogP contribution in [0.5, 0.6) is 0 Å². The van der Waals surface area contributed by atoms with Crippen molar-refractivity contribution in [2.45, 2.75) is 25.3 Å². The molecule has 2 aromatic rings. The summed E-state index contributed by atoms with van der Waals surface area (Å²) in [7, 11) is 0. The van der Waals surface area contributed by atoms with Gasteiger partial charge in [0, 0.05) is 29.5 Å². The average Bonchev–Trinajstić information content (AvgIpc) is 2.63. The number of hydrogen-bond donors (Lipinski definition) is 2. The van der Waals surface area contributed by atoms with E-state index in [1.165, 1.54) is 0 Å². The van der Waals surface area contributed by atoms with Gasteiger partial charge in [-0.15, -0.1) is 0 Å². The Balaban J connectivity index is 1.62. The molecule has 0 saturated carbocycles. The number of piperidine rings is 1. The lowest BCUT2D eigenvalue weighted by Crippen LogP contribution is -2.51. The summed E-state index contributed by atoms with van der Waals surface area (Å²) in [6.45, 7) is 0.858. The Labute approximate surface area is 157 Å². The third kappa shape index (κ3) is 4.75. The maximum Gasteiger partial charge on any atom is 0.257 e. The molecule has 1 aliphatic heterocycles. The van der Waals surface area contributed by atoms with E-state index in [1.54, 1.807) is 30.5 Å². The van der Waals surface area contributed by atoms with Crippen LogP contribution in [0.2, 0.25) is 5.02 Å². The van der Waals surface area contributed by atoms with Crippen LogP contribution in [-0.4, -0.2) is 27.6 Å². The Morgan fingerprint density at radius 3 is 2.76 bits per heavy atom. The first-order valence-corrected chi connectivity index (χ1v) is 8.96. The van der Waals surface area contributed by atoms with E-state index in [4.69, 9.17) is 23.8 Å². The number of rotatable bonds is 3. The van der Waals surface area contributed by atoms with E-state index in [-0.39, 0.29) is 17.1 Å². The highest BCUT2D eigenvalue weighted by atomic mass is 35.5. The molecule has 1 atom stereocenters. The summed E-state index contributed by atoms with van der Waals surface area (Å²) in [5.74, 6) is -0.260. The lowest BCUT2D eigenvalue weighted by molar-refractivity contribution is 0.0957. The fourth-order valence-corrected chi connectivity index (χ4v) is 3.26. The molecule has 1 aromatic heterocycles. The van der Waals surface area contributed by atoms with Crippen LogP contribution in [0, 0.1) is 0 Å². The van der Waals surface area contributed by atoms with Crippen molar-refractivity contribution in [1.29, 1.82) is 0 Å². The average molecular weight is 375 g/mol. The quantitative estimate of drug-likeness (QED) is 0.805. The zero-order chi connectivity index (χ0) is 17.6. The van der Waals surface area contributed by atoms with Crippen LogP contribution in [0.25, 0.3) is 0 Å². The SMILES string of the molecule is O=C(NC(=S)NN1CCCC[C@@H]1c1cccnc1)c1ccc(Cl)cc1. The molecule has 2 heterocycles. The van der Waals surface area contributed by atoms with Gasteiger partial charge in [-0.1, -0.05) is 24.1 Å². The lowest BCUT2D eigenvalue weighted by Gasteiger charge is -2.36. The number of carbonyl (C=O) groups is 1. The number of benzene rings is 1. The molecule has 1 aromatic carbocycles. The second kappa shape index (κ2) is 8.38. The zero-order valence-corrected chi connectivity index (χ0v) is 15.2. The first-order valence-electron chi connectivity index (χ1n) is 8.17. The molecule has 0 unspecified atom stereocenters. The summed E-state index contributed by atoms with van der Waals surface area (Å²) in [6, 6.07) is 10.9. The highest BCUT2D eigenvalue weighted by molar-refractivity contribution is 7.80. The summed E-state index contributed by atoms with van der Waals surface area (Å²) < 4.78 is 0. The molecular weight excluding hydrogens is 356 g/mol. The second-order valence-electron chi connectivity index (χ2n) is 5.89. The minimum Gasteiger partial charge on any atom is -0.298 e. The van der Waals surface area contributed by atoms with Crippen molar-refractivity contribution in [2.75, 3.05) is 6.54 Å². The van der Waals surface area contributed by atoms with Crippen LogP contribution in [0.15, 0.2) is 48.8 Å². The van der Waals surface area contributed by atoms with Gasteiger partial charge in [0.1, 0.15) is 0 Å². The summed E-state index contributed by atoms with van der Waals surface area (Å²) in [5.41, 5.74) is 4.81. The number of hydrazine groups is 1. The van der Waals surface area contributed by atoms with Gasteiger partial charge in [-0.3, -0.25) is 20.5 Å². The second-order valence-corrected chi connectivity index (χ2v) is 6.74. The fourth-order valence-electron chi connectivity index (χ4n) is 2.92. The first-order chi connectivity index (χ1) is 12.1. The number of hydrogen-bond acceptors (Lipinski definition) is 4. The van der Waals surface area contributed by atoms with E-state index >= 15 is 0 Å². The molecule has 2 N–H and O–H groups in total. The molecule has 0 bridgehead atoms. The lowest BCUT2D eigenvalue weighted by atomic mass is 9.98. The molecule has 5 nitrogen and oxygen atoms in total. The minimum atomic E-state index is -0.260. The van der Waals surface area contributed by atoms with Gasteiger partial charge < -0.3 is 0 Å². The Morgan fingerprint density at radius 1 is 1.24 bits per heavy atom. The van der Waals surface area contributed by atoms with Gasteiger partial charge in [0.15, 0.2) is 5.11 Å². The Morgan fingerprint density at radius 2 is 2.04 bits per heavy atom. The molecule has 1 amide bonds. The molecule has 3 rings (SSSR count). The van der Waals surface area contributed by atoms with Crippen molar-refractivity contribution < 1.29 is 4.79 Å². The van der Waals surface area contributed by atoms with Crippen LogP contribution in [0.3, 0.4) is 0 Å². The van der Waals surface area contributed by atoms with Crippen molar-refractivity contribution >= 4 is 34.8 Å². The molecule has 7 heteroatoms. The minimum absolute atomic E-state index is 0.188. The number of nitrogens with one attached hydrogen (secondary N) is 2. The molecule has 1 aliphatic rings. The normalized spacial score (nSPS) is 17.7. The van der Waals surface area contributed by atoms with Crippen LogP contribution in [0.4, 0.5) is 0 Å². The molecule has 0 radical (unpaired) electrons. The van der Waals surface area contributed by atoms with E-state index in [9.17, 15) is 4.79 Å². The number of halogens is 1. The molecule has 130 valence electrons. The predicted molar refractivity (Wildman–Crippen MR) is 102 cm³/mol. The van der Waals surface area contributed by atoms with E-state index in [0.717, 1.165) is 31.4 Å². The number of thiocarbonyl (C=S) groups is 1. The number of aromatic nitrogens is 1. The van der Waals surface area contributed by atoms with Crippen molar-refractivity contribution in [3.63, 3.8) is 0 Å². The molecule has 0 aliphatic carbocycles. The zero-order valence-electron chi connectivity index (χ0n) is 13.6. The topological polar surface area (TPSA) is 57.3 Å². The van der Waals surface area contributed by atoms with E-state index in [2.05, 4.69) is 26.8 Å². The summed E-state index contributed by atoms with van der Waals surface area (Å²) in [5, 5.41) is 5.67. The molecular formula is C18H19ClN4OS. The summed E-state index contributed by atoms with van der Waals surface area (Å²) in [4.78, 5) is 16.5. The molecule has 1 fully saturated rings. The Hall–Kier alpha value is -2.02. The Kier molecular flexibility index (Phi) is 5.96. The summed E-state index contributed by atoms with van der Waals surface area (Å²) in [6.07, 6.45) is 6.90. The van der Waals surface area contributed by atoms with Crippen molar-refractivity contribution in [1.82, 2.24) is 20.7 Å². The standard InChI is InChI=1S/C18H19ClN4OS/c19-15-8-6-13(7-9-15)17(24)21-18(25)22-23-11-2-1-5-16(23)14-4-3-10-20-12-14/h3-4,6-10,12,16H,1-2,5,11H2,(H2,21,22,24,25)/t16-/m1/s1. The maximum atomic E-state index is 12.2. The van der Waals surface area contributed by atoms with Crippen LogP contribution < -0.4 is 10.7 Å². The largest absolute Gasteiger partial charge is 0.298 e. The highest BCUT2D eigenvalue weighted by Crippen LogP contribution is 2.28. The number of nitrogens with zero attached hydrogens (tertiary/aromatic N) is 2. The van der Waals surface area contributed by atoms with E-state index in [0.29, 0.717) is 10.6 Å². The van der Waals surface area contributed by atoms with Gasteiger partial charge in [-0.05, 0) is 61.0 Å².